The molecule has 1 N–H and O–H groups in total. The van der Waals surface area contributed by atoms with Crippen LogP contribution in [0, 0.1) is 11.8 Å². The Bertz CT molecular complexity index is 312. The highest BCUT2D eigenvalue weighted by atomic mass is 16.2. The number of carbonyl (C=O) groups excluding carboxylic acids is 1. The highest BCUT2D eigenvalue weighted by molar-refractivity contribution is 5.88. The Morgan fingerprint density at radius 1 is 1.44 bits per heavy atom. The van der Waals surface area contributed by atoms with Crippen molar-refractivity contribution in [2.24, 2.45) is 11.8 Å². The van der Waals surface area contributed by atoms with E-state index in [1.807, 2.05) is 0 Å². The van der Waals surface area contributed by atoms with Crippen molar-refractivity contribution in [1.82, 2.24) is 10.2 Å². The number of nitrogens with one attached hydrogen (secondary N) is 1. The van der Waals surface area contributed by atoms with Crippen LogP contribution in [0.25, 0.3) is 0 Å². The first kappa shape index (κ1) is 13.9. The lowest BCUT2D eigenvalue weighted by Gasteiger charge is -2.25. The van der Waals surface area contributed by atoms with Crippen LogP contribution >= 0.6 is 0 Å². The highest BCUT2D eigenvalue weighted by Crippen LogP contribution is 2.34. The molecule has 2 unspecified atom stereocenters. The van der Waals surface area contributed by atoms with Crippen LogP contribution in [-0.2, 0) is 4.79 Å². The average Bonchev–Trinajstić information content (AvgIpc) is 3.08. The first-order valence-corrected chi connectivity index (χ1v) is 7.55. The Balaban J connectivity index is 2.02. The van der Waals surface area contributed by atoms with Gasteiger partial charge in [0.15, 0.2) is 0 Å². The van der Waals surface area contributed by atoms with Gasteiger partial charge in [-0.15, -0.1) is 0 Å². The van der Waals surface area contributed by atoms with Crippen LogP contribution < -0.4 is 5.32 Å². The summed E-state index contributed by atoms with van der Waals surface area (Å²) >= 11 is 0. The predicted octanol–water partition coefficient (Wildman–Crippen LogP) is 2.76. The van der Waals surface area contributed by atoms with Gasteiger partial charge in [-0.05, 0) is 38.0 Å². The molecule has 2 fully saturated rings. The Hall–Kier alpha value is -0.570. The van der Waals surface area contributed by atoms with Gasteiger partial charge < -0.3 is 4.90 Å². The van der Waals surface area contributed by atoms with Crippen LogP contribution in [0.2, 0.25) is 0 Å². The molecule has 2 aliphatic rings. The minimum atomic E-state index is -0.330. The molecule has 2 atom stereocenters. The largest absolute Gasteiger partial charge is 0.326 e. The second kappa shape index (κ2) is 5.20. The Morgan fingerprint density at radius 3 is 2.61 bits per heavy atom. The maximum atomic E-state index is 12.5. The molecule has 0 spiro atoms. The van der Waals surface area contributed by atoms with Crippen molar-refractivity contribution in [3.63, 3.8) is 0 Å². The molecule has 0 bridgehead atoms. The molecule has 1 aliphatic carbocycles. The van der Waals surface area contributed by atoms with E-state index in [0.717, 1.165) is 25.3 Å². The fourth-order valence-electron chi connectivity index (χ4n) is 2.84. The summed E-state index contributed by atoms with van der Waals surface area (Å²) in [4.78, 5) is 14.7. The van der Waals surface area contributed by atoms with Gasteiger partial charge in [0.1, 0.15) is 0 Å². The SMILES string of the molecule is CCC1(C)NC(CC(C)C)N(CCC2CC2)C1=O. The third kappa shape index (κ3) is 2.87. The first-order valence-electron chi connectivity index (χ1n) is 7.55. The Kier molecular flexibility index (Phi) is 4.00. The van der Waals surface area contributed by atoms with E-state index in [9.17, 15) is 4.79 Å². The zero-order chi connectivity index (χ0) is 13.3. The lowest BCUT2D eigenvalue weighted by Crippen LogP contribution is -2.44. The fourth-order valence-corrected chi connectivity index (χ4v) is 2.84. The van der Waals surface area contributed by atoms with Crippen LogP contribution in [0.4, 0.5) is 0 Å². The summed E-state index contributed by atoms with van der Waals surface area (Å²) < 4.78 is 0. The van der Waals surface area contributed by atoms with Gasteiger partial charge in [-0.3, -0.25) is 10.1 Å². The molecule has 1 saturated carbocycles. The standard InChI is InChI=1S/C15H28N2O/c1-5-15(4)14(18)17(9-8-12-6-7-12)13(16-15)10-11(2)3/h11-13,16H,5-10H2,1-4H3. The predicted molar refractivity (Wildman–Crippen MR) is 74.1 cm³/mol. The van der Waals surface area contributed by atoms with E-state index in [0.29, 0.717) is 11.8 Å². The van der Waals surface area contributed by atoms with Crippen molar-refractivity contribution < 1.29 is 4.79 Å². The maximum absolute atomic E-state index is 12.5. The van der Waals surface area contributed by atoms with E-state index in [2.05, 4.69) is 37.9 Å². The second-order valence-corrected chi connectivity index (χ2v) is 6.71. The lowest BCUT2D eigenvalue weighted by atomic mass is 9.99. The average molecular weight is 252 g/mol. The molecular formula is C15H28N2O. The molecule has 3 nitrogen and oxygen atoms in total. The van der Waals surface area contributed by atoms with Crippen LogP contribution in [0.5, 0.6) is 0 Å². The molecule has 0 radical (unpaired) electrons. The summed E-state index contributed by atoms with van der Waals surface area (Å²) in [7, 11) is 0. The molecule has 1 saturated heterocycles. The van der Waals surface area contributed by atoms with E-state index >= 15 is 0 Å². The van der Waals surface area contributed by atoms with Crippen LogP contribution in [0.1, 0.15) is 59.8 Å². The number of hydrogen-bond donors (Lipinski definition) is 1. The zero-order valence-electron chi connectivity index (χ0n) is 12.3. The molecule has 2 rings (SSSR count). The summed E-state index contributed by atoms with van der Waals surface area (Å²) in [6.07, 6.45) is 6.12. The van der Waals surface area contributed by atoms with Crippen molar-refractivity contribution in [3.8, 4) is 0 Å². The van der Waals surface area contributed by atoms with Gasteiger partial charge in [0.2, 0.25) is 5.91 Å². The van der Waals surface area contributed by atoms with Crippen LogP contribution in [0.3, 0.4) is 0 Å². The van der Waals surface area contributed by atoms with E-state index in [-0.39, 0.29) is 11.7 Å². The van der Waals surface area contributed by atoms with Gasteiger partial charge in [0, 0.05) is 6.54 Å². The van der Waals surface area contributed by atoms with E-state index in [1.165, 1.54) is 19.3 Å². The van der Waals surface area contributed by atoms with Gasteiger partial charge in [0.25, 0.3) is 0 Å². The minimum absolute atomic E-state index is 0.251. The number of nitrogens with zero attached hydrogens (tertiary/aromatic N) is 1. The quantitative estimate of drug-likeness (QED) is 0.788. The zero-order valence-corrected chi connectivity index (χ0v) is 12.3. The third-order valence-electron chi connectivity index (χ3n) is 4.47. The van der Waals surface area contributed by atoms with E-state index in [4.69, 9.17) is 0 Å². The third-order valence-corrected chi connectivity index (χ3v) is 4.47. The second-order valence-electron chi connectivity index (χ2n) is 6.71. The lowest BCUT2D eigenvalue weighted by molar-refractivity contribution is -0.133. The summed E-state index contributed by atoms with van der Waals surface area (Å²) in [6.45, 7) is 9.56. The number of hydrogen-bond acceptors (Lipinski definition) is 2. The van der Waals surface area contributed by atoms with Crippen molar-refractivity contribution in [2.75, 3.05) is 6.54 Å². The van der Waals surface area contributed by atoms with Gasteiger partial charge in [-0.2, -0.15) is 0 Å². The van der Waals surface area contributed by atoms with Gasteiger partial charge >= 0.3 is 0 Å². The molecule has 0 aromatic heterocycles. The minimum Gasteiger partial charge on any atom is -0.326 e. The van der Waals surface area contributed by atoms with Crippen molar-refractivity contribution >= 4 is 5.91 Å². The van der Waals surface area contributed by atoms with Gasteiger partial charge in [-0.1, -0.05) is 33.6 Å². The van der Waals surface area contributed by atoms with E-state index < -0.39 is 0 Å². The molecule has 104 valence electrons. The monoisotopic (exact) mass is 252 g/mol. The number of carbonyl (C=O) groups is 1. The molecule has 0 aromatic carbocycles. The van der Waals surface area contributed by atoms with E-state index in [1.54, 1.807) is 0 Å². The molecule has 3 heteroatoms. The van der Waals surface area contributed by atoms with Crippen LogP contribution in [0.15, 0.2) is 0 Å². The molecular weight excluding hydrogens is 224 g/mol. The highest BCUT2D eigenvalue weighted by Gasteiger charge is 2.46. The first-order chi connectivity index (χ1) is 8.46. The summed E-state index contributed by atoms with van der Waals surface area (Å²) in [5.74, 6) is 1.83. The molecule has 1 amide bonds. The normalized spacial score (nSPS) is 32.6. The smallest absolute Gasteiger partial charge is 0.243 e. The van der Waals surface area contributed by atoms with Gasteiger partial charge in [0.05, 0.1) is 11.7 Å². The molecule has 18 heavy (non-hydrogen) atoms. The van der Waals surface area contributed by atoms with Gasteiger partial charge in [-0.25, -0.2) is 0 Å². The maximum Gasteiger partial charge on any atom is 0.243 e. The van der Waals surface area contributed by atoms with Crippen LogP contribution in [-0.4, -0.2) is 29.1 Å². The summed E-state index contributed by atoms with van der Waals surface area (Å²) in [5.41, 5.74) is -0.330. The summed E-state index contributed by atoms with van der Waals surface area (Å²) in [6, 6.07) is 0. The number of rotatable bonds is 6. The fraction of sp³-hybridized carbons (Fsp3) is 0.933. The summed E-state index contributed by atoms with van der Waals surface area (Å²) in [5, 5.41) is 3.57. The number of amides is 1. The van der Waals surface area contributed by atoms with Crippen molar-refractivity contribution in [3.05, 3.63) is 0 Å². The molecule has 1 heterocycles. The molecule has 1 aliphatic heterocycles. The Morgan fingerprint density at radius 2 is 2.11 bits per heavy atom. The van der Waals surface area contributed by atoms with Crippen molar-refractivity contribution in [2.45, 2.75) is 71.5 Å². The topological polar surface area (TPSA) is 32.3 Å². The Labute approximate surface area is 111 Å². The molecule has 0 aromatic rings. The van der Waals surface area contributed by atoms with Crippen molar-refractivity contribution in [1.29, 1.82) is 0 Å².